The highest BCUT2D eigenvalue weighted by atomic mass is 35.5. The molecular formula is C25H17ClF3NO. The Kier molecular flexibility index (Phi) is 5.70. The van der Waals surface area contributed by atoms with Gasteiger partial charge in [-0.1, -0.05) is 78.3 Å². The molecule has 0 amide bonds. The molecule has 0 unspecified atom stereocenters. The van der Waals surface area contributed by atoms with Crippen LogP contribution in [0.4, 0.5) is 13.2 Å². The third-order valence-electron chi connectivity index (χ3n) is 5.03. The average molecular weight is 440 g/mol. The number of benzene rings is 3. The molecule has 0 N–H and O–H groups in total. The minimum atomic E-state index is -4.59. The number of hydrogen-bond acceptors (Lipinski definition) is 1. The number of halogens is 4. The summed E-state index contributed by atoms with van der Waals surface area (Å²) in [6, 6.07) is 24.0. The lowest BCUT2D eigenvalue weighted by Gasteiger charge is -2.18. The molecule has 0 saturated heterocycles. The van der Waals surface area contributed by atoms with Gasteiger partial charge in [0.1, 0.15) is 0 Å². The first-order valence-electron chi connectivity index (χ1n) is 9.54. The Morgan fingerprint density at radius 1 is 0.806 bits per heavy atom. The zero-order chi connectivity index (χ0) is 22.0. The molecule has 0 atom stereocenters. The van der Waals surface area contributed by atoms with Gasteiger partial charge in [-0.15, -0.1) is 0 Å². The molecule has 4 aromatic rings. The minimum Gasteiger partial charge on any atom is -0.343 e. The molecule has 0 aliphatic rings. The van der Waals surface area contributed by atoms with Crippen LogP contribution < -0.4 is 5.43 Å². The predicted molar refractivity (Wildman–Crippen MR) is 117 cm³/mol. The molecule has 156 valence electrons. The zero-order valence-corrected chi connectivity index (χ0v) is 17.0. The van der Waals surface area contributed by atoms with E-state index in [4.69, 9.17) is 11.6 Å². The first kappa shape index (κ1) is 20.9. The monoisotopic (exact) mass is 439 g/mol. The Morgan fingerprint density at radius 3 is 2.23 bits per heavy atom. The fourth-order valence-electron chi connectivity index (χ4n) is 3.57. The quantitative estimate of drug-likeness (QED) is 0.339. The summed E-state index contributed by atoms with van der Waals surface area (Å²) in [5, 5.41) is -0.425. The predicted octanol–water partition coefficient (Wildman–Crippen LogP) is 6.90. The number of rotatable bonds is 4. The molecule has 2 nitrogen and oxygen atoms in total. The van der Waals surface area contributed by atoms with Crippen LogP contribution in [0.3, 0.4) is 0 Å². The van der Waals surface area contributed by atoms with Crippen molar-refractivity contribution in [1.82, 2.24) is 4.57 Å². The van der Waals surface area contributed by atoms with E-state index in [-0.39, 0.29) is 11.0 Å². The van der Waals surface area contributed by atoms with Crippen molar-refractivity contribution in [1.29, 1.82) is 0 Å². The molecular weight excluding hydrogens is 423 g/mol. The maximum Gasteiger partial charge on any atom is 0.417 e. The summed E-state index contributed by atoms with van der Waals surface area (Å²) in [7, 11) is 0. The lowest BCUT2D eigenvalue weighted by molar-refractivity contribution is -0.137. The fraction of sp³-hybridized carbons (Fsp3) is 0.0800. The second-order valence-electron chi connectivity index (χ2n) is 7.06. The van der Waals surface area contributed by atoms with Gasteiger partial charge in [0, 0.05) is 30.4 Å². The van der Waals surface area contributed by atoms with E-state index < -0.39 is 16.8 Å². The molecule has 0 bridgehead atoms. The van der Waals surface area contributed by atoms with E-state index in [0.29, 0.717) is 12.2 Å². The van der Waals surface area contributed by atoms with Crippen LogP contribution in [0.15, 0.2) is 95.9 Å². The van der Waals surface area contributed by atoms with E-state index in [1.807, 2.05) is 54.6 Å². The van der Waals surface area contributed by atoms with Crippen LogP contribution in [-0.2, 0) is 12.7 Å². The van der Waals surface area contributed by atoms with Crippen LogP contribution in [0.2, 0.25) is 5.02 Å². The highest BCUT2D eigenvalue weighted by molar-refractivity contribution is 6.34. The lowest BCUT2D eigenvalue weighted by atomic mass is 9.99. The fourth-order valence-corrected chi connectivity index (χ4v) is 3.90. The smallest absolute Gasteiger partial charge is 0.343 e. The number of aromatic nitrogens is 1. The molecule has 3 aromatic carbocycles. The van der Waals surface area contributed by atoms with Crippen molar-refractivity contribution in [3.05, 3.63) is 117 Å². The van der Waals surface area contributed by atoms with Crippen molar-refractivity contribution in [2.24, 2.45) is 0 Å². The van der Waals surface area contributed by atoms with E-state index in [0.717, 1.165) is 22.8 Å². The van der Waals surface area contributed by atoms with Crippen molar-refractivity contribution in [2.75, 3.05) is 0 Å². The molecule has 31 heavy (non-hydrogen) atoms. The van der Waals surface area contributed by atoms with E-state index in [2.05, 4.69) is 0 Å². The Bertz CT molecular complexity index is 1280. The zero-order valence-electron chi connectivity index (χ0n) is 16.2. The van der Waals surface area contributed by atoms with Crippen molar-refractivity contribution in [2.45, 2.75) is 12.7 Å². The summed E-state index contributed by atoms with van der Waals surface area (Å²) < 4.78 is 41.8. The van der Waals surface area contributed by atoms with Gasteiger partial charge >= 0.3 is 6.18 Å². The number of alkyl halides is 3. The van der Waals surface area contributed by atoms with E-state index in [1.54, 1.807) is 10.8 Å². The summed E-state index contributed by atoms with van der Waals surface area (Å²) in [5.74, 6) is 0. The van der Waals surface area contributed by atoms with Gasteiger partial charge in [-0.3, -0.25) is 4.79 Å². The maximum atomic E-state index is 13.4. The molecule has 4 rings (SSSR count). The number of nitrogens with zero attached hydrogens (tertiary/aromatic N) is 1. The lowest BCUT2D eigenvalue weighted by Crippen LogP contribution is -2.12. The molecule has 0 aliphatic carbocycles. The first-order valence-corrected chi connectivity index (χ1v) is 9.92. The topological polar surface area (TPSA) is 22.0 Å². The molecule has 6 heteroatoms. The summed E-state index contributed by atoms with van der Waals surface area (Å²) in [5.41, 5.74) is 2.23. The SMILES string of the molecule is O=c1ccn(Cc2ccccc2-c2ccccc2)c(-c2cccc(C(F)(F)F)c2Cl)c1. The van der Waals surface area contributed by atoms with E-state index in [1.165, 1.54) is 24.3 Å². The van der Waals surface area contributed by atoms with Crippen LogP contribution in [0.25, 0.3) is 22.4 Å². The van der Waals surface area contributed by atoms with Gasteiger partial charge in [0.2, 0.25) is 0 Å². The van der Waals surface area contributed by atoms with Gasteiger partial charge in [0.05, 0.1) is 16.3 Å². The molecule has 1 aromatic heterocycles. The standard InChI is InChI=1S/C25H17ClF3NO/c26-24-21(11-6-12-22(24)25(27,28)29)23-15-19(31)13-14-30(23)16-18-9-4-5-10-20(18)17-7-2-1-3-8-17/h1-15H,16H2. The molecule has 0 radical (unpaired) electrons. The van der Waals surface area contributed by atoms with E-state index in [9.17, 15) is 18.0 Å². The van der Waals surface area contributed by atoms with Gasteiger partial charge in [0.15, 0.2) is 5.43 Å². The van der Waals surface area contributed by atoms with Crippen molar-refractivity contribution in [3.63, 3.8) is 0 Å². The Labute approximate surface area is 182 Å². The largest absolute Gasteiger partial charge is 0.417 e. The van der Waals surface area contributed by atoms with E-state index >= 15 is 0 Å². The Balaban J connectivity index is 1.84. The second-order valence-corrected chi connectivity index (χ2v) is 7.44. The summed E-state index contributed by atoms with van der Waals surface area (Å²) in [4.78, 5) is 12.1. The average Bonchev–Trinajstić information content (AvgIpc) is 2.75. The van der Waals surface area contributed by atoms with Gasteiger partial charge < -0.3 is 4.57 Å². The van der Waals surface area contributed by atoms with Crippen molar-refractivity contribution in [3.8, 4) is 22.4 Å². The summed E-state index contributed by atoms with van der Waals surface area (Å²) >= 11 is 6.15. The molecule has 0 aliphatic heterocycles. The molecule has 0 saturated carbocycles. The number of pyridine rings is 1. The van der Waals surface area contributed by atoms with Crippen LogP contribution in [0.1, 0.15) is 11.1 Å². The second kappa shape index (κ2) is 8.44. The normalized spacial score (nSPS) is 11.5. The molecule has 1 heterocycles. The minimum absolute atomic E-state index is 0.159. The number of hydrogen-bond donors (Lipinski definition) is 0. The molecule has 0 fully saturated rings. The highest BCUT2D eigenvalue weighted by Gasteiger charge is 2.34. The van der Waals surface area contributed by atoms with Gasteiger partial charge in [0.25, 0.3) is 0 Å². The maximum absolute atomic E-state index is 13.4. The van der Waals surface area contributed by atoms with Crippen LogP contribution >= 0.6 is 11.6 Å². The van der Waals surface area contributed by atoms with Crippen molar-refractivity contribution < 1.29 is 13.2 Å². The first-order chi connectivity index (χ1) is 14.8. The van der Waals surface area contributed by atoms with Gasteiger partial charge in [-0.2, -0.15) is 13.2 Å². The van der Waals surface area contributed by atoms with Crippen LogP contribution in [0, 0.1) is 0 Å². The van der Waals surface area contributed by atoms with Gasteiger partial charge in [-0.05, 0) is 22.8 Å². The highest BCUT2D eigenvalue weighted by Crippen LogP contribution is 2.39. The summed E-state index contributed by atoms with van der Waals surface area (Å²) in [6.45, 7) is 0.354. The van der Waals surface area contributed by atoms with Crippen LogP contribution in [0.5, 0.6) is 0 Å². The van der Waals surface area contributed by atoms with Gasteiger partial charge in [-0.25, -0.2) is 0 Å². The van der Waals surface area contributed by atoms with Crippen molar-refractivity contribution >= 4 is 11.6 Å². The Morgan fingerprint density at radius 2 is 1.48 bits per heavy atom. The summed E-state index contributed by atoms with van der Waals surface area (Å²) in [6.07, 6.45) is -3.01. The van der Waals surface area contributed by atoms with Crippen LogP contribution in [-0.4, -0.2) is 4.57 Å². The third-order valence-corrected chi connectivity index (χ3v) is 5.44. The Hall–Kier alpha value is -3.31. The third kappa shape index (κ3) is 4.42. The molecule has 0 spiro atoms.